The van der Waals surface area contributed by atoms with Crippen LogP contribution in [0.5, 0.6) is 0 Å². The number of rotatable bonds is 8. The molecule has 48 heavy (non-hydrogen) atoms. The first-order valence-corrected chi connectivity index (χ1v) is 17.3. The van der Waals surface area contributed by atoms with Crippen molar-refractivity contribution >= 4 is 81.1 Å². The maximum Gasteiger partial charge on any atom is 0.416 e. The molecule has 1 fully saturated rings. The van der Waals surface area contributed by atoms with E-state index in [2.05, 4.69) is 10.2 Å². The number of imide groups is 1. The zero-order valence-corrected chi connectivity index (χ0v) is 28.5. The quantitative estimate of drug-likeness (QED) is 0.189. The van der Waals surface area contributed by atoms with E-state index in [4.69, 9.17) is 23.2 Å². The largest absolute Gasteiger partial charge is 0.416 e. The van der Waals surface area contributed by atoms with Crippen molar-refractivity contribution in [1.82, 2.24) is 4.57 Å². The van der Waals surface area contributed by atoms with Crippen LogP contribution in [-0.4, -0.2) is 40.6 Å². The van der Waals surface area contributed by atoms with Gasteiger partial charge < -0.3 is 10.2 Å². The first kappa shape index (κ1) is 34.1. The minimum atomic E-state index is -4.68. The van der Waals surface area contributed by atoms with Crippen molar-refractivity contribution in [3.63, 3.8) is 0 Å². The number of fused-ring (bicyclic) bond motifs is 2. The predicted molar refractivity (Wildman–Crippen MR) is 183 cm³/mol. The van der Waals surface area contributed by atoms with Crippen molar-refractivity contribution in [3.8, 4) is 0 Å². The Kier molecular flexibility index (Phi) is 9.42. The minimum Gasteiger partial charge on any atom is -0.372 e. The third-order valence-electron chi connectivity index (χ3n) is 8.37. The van der Waals surface area contributed by atoms with Crippen LogP contribution in [0.15, 0.2) is 76.6 Å². The number of carbonyl (C=O) groups is 3. The Labute approximate surface area is 291 Å². The smallest absolute Gasteiger partial charge is 0.372 e. The van der Waals surface area contributed by atoms with Crippen LogP contribution >= 0.6 is 46.3 Å². The third kappa shape index (κ3) is 6.24. The van der Waals surface area contributed by atoms with Crippen LogP contribution < -0.4 is 20.0 Å². The summed E-state index contributed by atoms with van der Waals surface area (Å²) in [5, 5.41) is 2.50. The van der Waals surface area contributed by atoms with E-state index in [1.165, 1.54) is 22.8 Å². The van der Waals surface area contributed by atoms with E-state index in [0.29, 0.717) is 26.2 Å². The number of thioether (sulfide) groups is 1. The molecule has 0 aliphatic carbocycles. The van der Waals surface area contributed by atoms with Crippen molar-refractivity contribution in [1.29, 1.82) is 0 Å². The summed E-state index contributed by atoms with van der Waals surface area (Å²) in [7, 11) is 0. The number of carbonyl (C=O) groups excluding carboxylic acids is 3. The molecule has 0 bridgehead atoms. The second kappa shape index (κ2) is 13.3. The molecule has 4 aromatic rings. The standard InChI is InChI=1S/C33H27Cl2F3N4O4S2/c1-3-40(4-2)20-11-8-17(9-12-20)25-26-27(30(45)42(29(26)44)21-7-5-6-18(14-21)33(36,37)38)47-31-28(25)48-32(46)41(31)16-24(43)39-19-10-13-22(34)23(35)15-19/h5-15,25-27H,3-4,16H2,1-2H3,(H,39,43)/t25-,26?,27?/m1/s1. The van der Waals surface area contributed by atoms with Crippen LogP contribution in [0.4, 0.5) is 30.2 Å². The van der Waals surface area contributed by atoms with Gasteiger partial charge in [0.25, 0.3) is 0 Å². The summed E-state index contributed by atoms with van der Waals surface area (Å²) in [6, 6.07) is 16.1. The number of halogens is 5. The molecular formula is C33H27Cl2F3N4O4S2. The third-order valence-corrected chi connectivity index (χ3v) is 11.7. The molecule has 0 radical (unpaired) electrons. The fourth-order valence-corrected chi connectivity index (χ4v) is 9.16. The first-order chi connectivity index (χ1) is 22.8. The van der Waals surface area contributed by atoms with E-state index >= 15 is 0 Å². The number of benzene rings is 3. The van der Waals surface area contributed by atoms with E-state index in [9.17, 15) is 32.3 Å². The maximum absolute atomic E-state index is 14.1. The van der Waals surface area contributed by atoms with Crippen molar-refractivity contribution in [2.75, 3.05) is 28.2 Å². The molecule has 2 aliphatic heterocycles. The molecule has 3 amide bonds. The van der Waals surface area contributed by atoms with Gasteiger partial charge in [-0.25, -0.2) is 4.90 Å². The van der Waals surface area contributed by atoms with Gasteiger partial charge in [0.2, 0.25) is 17.7 Å². The van der Waals surface area contributed by atoms with Gasteiger partial charge in [0, 0.05) is 35.3 Å². The molecular weight excluding hydrogens is 708 g/mol. The summed E-state index contributed by atoms with van der Waals surface area (Å²) in [6.07, 6.45) is -4.68. The van der Waals surface area contributed by atoms with E-state index in [1.807, 2.05) is 38.1 Å². The van der Waals surface area contributed by atoms with Crippen LogP contribution in [0.3, 0.4) is 0 Å². The molecule has 3 atom stereocenters. The fraction of sp³-hybridized carbons (Fsp3) is 0.273. The molecule has 2 unspecified atom stereocenters. The van der Waals surface area contributed by atoms with Gasteiger partial charge in [-0.05, 0) is 67.9 Å². The molecule has 1 aromatic heterocycles. The molecule has 0 saturated carbocycles. The van der Waals surface area contributed by atoms with Gasteiger partial charge in [-0.1, -0.05) is 64.5 Å². The Morgan fingerprint density at radius 1 is 0.938 bits per heavy atom. The Bertz CT molecular complexity index is 1980. The second-order valence-corrected chi connectivity index (χ2v) is 14.1. The van der Waals surface area contributed by atoms with Gasteiger partial charge in [0.05, 0.1) is 32.2 Å². The van der Waals surface area contributed by atoms with Gasteiger partial charge in [-0.2, -0.15) is 13.2 Å². The zero-order chi connectivity index (χ0) is 34.5. The Morgan fingerprint density at radius 3 is 2.29 bits per heavy atom. The number of nitrogens with one attached hydrogen (secondary N) is 1. The van der Waals surface area contributed by atoms with Gasteiger partial charge >= 0.3 is 11.0 Å². The molecule has 0 spiro atoms. The van der Waals surface area contributed by atoms with Crippen molar-refractivity contribution in [2.45, 2.75) is 42.8 Å². The van der Waals surface area contributed by atoms with E-state index in [-0.39, 0.29) is 10.7 Å². The predicted octanol–water partition coefficient (Wildman–Crippen LogP) is 7.52. The summed E-state index contributed by atoms with van der Waals surface area (Å²) in [6.45, 7) is 5.17. The molecule has 1 N–H and O–H groups in total. The Hall–Kier alpha value is -3.78. The Balaban J connectivity index is 1.41. The minimum absolute atomic E-state index is 0.188. The summed E-state index contributed by atoms with van der Waals surface area (Å²) in [4.78, 5) is 57.7. The lowest BCUT2D eigenvalue weighted by Gasteiger charge is -2.31. The van der Waals surface area contributed by atoms with E-state index < -0.39 is 58.0 Å². The molecule has 15 heteroatoms. The van der Waals surface area contributed by atoms with Crippen molar-refractivity contribution in [3.05, 3.63) is 102 Å². The van der Waals surface area contributed by atoms with Crippen molar-refractivity contribution < 1.29 is 27.6 Å². The maximum atomic E-state index is 14.1. The average molecular weight is 736 g/mol. The van der Waals surface area contributed by atoms with Gasteiger partial charge in [0.1, 0.15) is 11.8 Å². The lowest BCUT2D eigenvalue weighted by atomic mass is 9.83. The Morgan fingerprint density at radius 2 is 1.65 bits per heavy atom. The summed E-state index contributed by atoms with van der Waals surface area (Å²) in [5.41, 5.74) is 0.775. The fourth-order valence-electron chi connectivity index (χ4n) is 6.09. The number of aromatic nitrogens is 1. The number of hydrogen-bond donors (Lipinski definition) is 1. The highest BCUT2D eigenvalue weighted by Gasteiger charge is 2.57. The van der Waals surface area contributed by atoms with Gasteiger partial charge in [0.15, 0.2) is 0 Å². The normalized spacial score (nSPS) is 18.9. The van der Waals surface area contributed by atoms with Gasteiger partial charge in [-0.3, -0.25) is 23.7 Å². The zero-order valence-electron chi connectivity index (χ0n) is 25.4. The molecule has 6 rings (SSSR count). The number of hydrogen-bond acceptors (Lipinski definition) is 7. The van der Waals surface area contributed by atoms with Gasteiger partial charge in [-0.15, -0.1) is 0 Å². The van der Waals surface area contributed by atoms with E-state index in [1.54, 1.807) is 6.07 Å². The topological polar surface area (TPSA) is 91.7 Å². The number of amides is 3. The van der Waals surface area contributed by atoms with E-state index in [0.717, 1.165) is 65.0 Å². The highest BCUT2D eigenvalue weighted by molar-refractivity contribution is 8.00. The number of alkyl halides is 3. The molecule has 3 heterocycles. The highest BCUT2D eigenvalue weighted by atomic mass is 35.5. The average Bonchev–Trinajstić information content (AvgIpc) is 3.49. The second-order valence-electron chi connectivity index (χ2n) is 11.2. The SMILES string of the molecule is CCN(CC)c1ccc([C@H]2c3sc(=O)n(CC(=O)Nc4ccc(Cl)c(Cl)c4)c3SC3C(=O)N(c4cccc(C(F)(F)F)c4)C(=O)C32)cc1. The number of thiazole rings is 1. The van der Waals surface area contributed by atoms with Crippen LogP contribution in [0.1, 0.15) is 35.8 Å². The summed E-state index contributed by atoms with van der Waals surface area (Å²) >= 11 is 13.9. The lowest BCUT2D eigenvalue weighted by molar-refractivity contribution is -0.137. The molecule has 250 valence electrons. The molecule has 8 nitrogen and oxygen atoms in total. The number of nitrogens with zero attached hydrogens (tertiary/aromatic N) is 3. The van der Waals surface area contributed by atoms with Crippen LogP contribution in [0.2, 0.25) is 10.0 Å². The summed E-state index contributed by atoms with van der Waals surface area (Å²) in [5.74, 6) is -3.69. The molecule has 3 aromatic carbocycles. The lowest BCUT2D eigenvalue weighted by Crippen LogP contribution is -2.33. The first-order valence-electron chi connectivity index (χ1n) is 14.9. The molecule has 2 aliphatic rings. The summed E-state index contributed by atoms with van der Waals surface area (Å²) < 4.78 is 42.0. The van der Waals surface area contributed by atoms with Crippen LogP contribution in [0, 0.1) is 5.92 Å². The highest BCUT2D eigenvalue weighted by Crippen LogP contribution is 2.54. The van der Waals surface area contributed by atoms with Crippen LogP contribution in [0.25, 0.3) is 0 Å². The van der Waals surface area contributed by atoms with Crippen LogP contribution in [-0.2, 0) is 27.1 Å². The monoisotopic (exact) mass is 734 g/mol. The molecule has 1 saturated heterocycles. The number of anilines is 3. The van der Waals surface area contributed by atoms with Crippen molar-refractivity contribution in [2.24, 2.45) is 5.92 Å².